The number of hydrogen-bond acceptors (Lipinski definition) is 2. The fraction of sp³-hybridized carbons (Fsp3) is 0.200. The second-order valence-electron chi connectivity index (χ2n) is 3.13. The summed E-state index contributed by atoms with van der Waals surface area (Å²) >= 11 is 10.5. The smallest absolute Gasteiger partial charge is 0.238 e. The Hall–Kier alpha value is -1.33. The summed E-state index contributed by atoms with van der Waals surface area (Å²) in [6.07, 6.45) is 0.893. The van der Waals surface area contributed by atoms with Crippen molar-refractivity contribution in [3.8, 4) is 0 Å². The molecule has 0 aliphatic carbocycles. The third kappa shape index (κ3) is 4.46. The van der Waals surface area contributed by atoms with E-state index >= 15 is 0 Å². The van der Waals surface area contributed by atoms with E-state index in [1.165, 1.54) is 0 Å². The number of hydrogen-bond donors (Lipinski definition) is 3. The Labute approximate surface area is 104 Å². The van der Waals surface area contributed by atoms with E-state index in [4.69, 9.17) is 17.3 Å². The van der Waals surface area contributed by atoms with Gasteiger partial charge in [-0.3, -0.25) is 15.6 Å². The molecule has 0 heterocycles. The fourth-order valence-corrected chi connectivity index (χ4v) is 1.42. The van der Waals surface area contributed by atoms with E-state index < -0.39 is 0 Å². The molecule has 1 aromatic rings. The third-order valence-corrected chi connectivity index (χ3v) is 2.38. The number of thiocarbonyl (C=S) groups is 1. The van der Waals surface area contributed by atoms with Gasteiger partial charge in [-0.1, -0.05) is 29.8 Å². The van der Waals surface area contributed by atoms with Gasteiger partial charge in [0.05, 0.1) is 0 Å². The molecular weight excluding hydrogens is 246 g/mol. The van der Waals surface area contributed by atoms with Gasteiger partial charge in [-0.25, -0.2) is 0 Å². The number of amides is 1. The maximum atomic E-state index is 11.3. The van der Waals surface area contributed by atoms with E-state index in [9.17, 15) is 4.79 Å². The lowest BCUT2D eigenvalue weighted by Gasteiger charge is -2.06. The highest BCUT2D eigenvalue weighted by Gasteiger charge is 2.04. The molecule has 0 unspecified atom stereocenters. The molecule has 0 aromatic heterocycles. The van der Waals surface area contributed by atoms with Crippen LogP contribution in [0, 0.1) is 0 Å². The lowest BCUT2D eigenvalue weighted by atomic mass is 10.1. The summed E-state index contributed by atoms with van der Waals surface area (Å²) in [5, 5.41) is 0.698. The molecule has 0 bridgehead atoms. The van der Waals surface area contributed by atoms with Gasteiger partial charge in [0.1, 0.15) is 0 Å². The molecule has 0 radical (unpaired) electrons. The Morgan fingerprint density at radius 2 is 2.06 bits per heavy atom. The number of benzene rings is 1. The number of nitrogens with one attached hydrogen (secondary N) is 2. The average molecular weight is 258 g/mol. The SMILES string of the molecule is NC(=S)NNC(=O)CCc1ccccc1Cl. The zero-order chi connectivity index (χ0) is 12.0. The zero-order valence-corrected chi connectivity index (χ0v) is 10.1. The van der Waals surface area contributed by atoms with Gasteiger partial charge >= 0.3 is 0 Å². The second kappa shape index (κ2) is 6.30. The molecule has 0 atom stereocenters. The first kappa shape index (κ1) is 12.7. The van der Waals surface area contributed by atoms with Gasteiger partial charge in [0.2, 0.25) is 5.91 Å². The first-order chi connectivity index (χ1) is 7.59. The van der Waals surface area contributed by atoms with Crippen LogP contribution < -0.4 is 16.6 Å². The molecule has 0 saturated heterocycles. The highest BCUT2D eigenvalue weighted by atomic mass is 35.5. The van der Waals surface area contributed by atoms with E-state index in [2.05, 4.69) is 23.1 Å². The number of aryl methyl sites for hydroxylation is 1. The number of rotatable bonds is 3. The first-order valence-corrected chi connectivity index (χ1v) is 5.46. The van der Waals surface area contributed by atoms with Crippen molar-refractivity contribution < 1.29 is 4.79 Å². The van der Waals surface area contributed by atoms with Gasteiger partial charge in [0, 0.05) is 11.4 Å². The summed E-state index contributed by atoms with van der Waals surface area (Å²) in [5.74, 6) is -0.187. The van der Waals surface area contributed by atoms with Crippen LogP contribution in [-0.2, 0) is 11.2 Å². The quantitative estimate of drug-likeness (QED) is 0.561. The molecule has 4 nitrogen and oxygen atoms in total. The lowest BCUT2D eigenvalue weighted by molar-refractivity contribution is -0.121. The second-order valence-corrected chi connectivity index (χ2v) is 3.98. The fourth-order valence-electron chi connectivity index (χ4n) is 1.14. The molecule has 0 fully saturated rings. The summed E-state index contributed by atoms with van der Waals surface area (Å²) < 4.78 is 0. The van der Waals surface area contributed by atoms with Crippen LogP contribution in [0.3, 0.4) is 0 Å². The van der Waals surface area contributed by atoms with Crippen molar-refractivity contribution in [3.63, 3.8) is 0 Å². The summed E-state index contributed by atoms with van der Waals surface area (Å²) in [6.45, 7) is 0. The minimum atomic E-state index is -0.187. The number of carbonyl (C=O) groups is 1. The molecular formula is C10H12ClN3OS. The molecule has 1 amide bonds. The predicted octanol–water partition coefficient (Wildman–Crippen LogP) is 1.14. The lowest BCUT2D eigenvalue weighted by Crippen LogP contribution is -2.44. The van der Waals surface area contributed by atoms with Crippen LogP contribution in [0.4, 0.5) is 0 Å². The van der Waals surface area contributed by atoms with Gasteiger partial charge in [-0.15, -0.1) is 0 Å². The van der Waals surface area contributed by atoms with Crippen LogP contribution in [0.2, 0.25) is 5.02 Å². The Morgan fingerprint density at radius 3 is 2.69 bits per heavy atom. The van der Waals surface area contributed by atoms with Crippen LogP contribution in [0.25, 0.3) is 0 Å². The Bertz CT molecular complexity index is 397. The normalized spacial score (nSPS) is 9.56. The number of carbonyl (C=O) groups excluding carboxylic acids is 1. The molecule has 6 heteroatoms. The first-order valence-electron chi connectivity index (χ1n) is 4.67. The van der Waals surface area contributed by atoms with Crippen LogP contribution in [0.1, 0.15) is 12.0 Å². The van der Waals surface area contributed by atoms with Crippen molar-refractivity contribution in [3.05, 3.63) is 34.9 Å². The summed E-state index contributed by atoms with van der Waals surface area (Å²) in [7, 11) is 0. The Kier molecular flexibility index (Phi) is 5.01. The van der Waals surface area contributed by atoms with Crippen molar-refractivity contribution in [1.29, 1.82) is 0 Å². The molecule has 1 rings (SSSR count). The van der Waals surface area contributed by atoms with Crippen molar-refractivity contribution in [2.75, 3.05) is 0 Å². The average Bonchev–Trinajstić information content (AvgIpc) is 2.25. The summed E-state index contributed by atoms with van der Waals surface area (Å²) in [6, 6.07) is 7.41. The largest absolute Gasteiger partial charge is 0.375 e. The van der Waals surface area contributed by atoms with Gasteiger partial charge < -0.3 is 5.73 Å². The van der Waals surface area contributed by atoms with Gasteiger partial charge in [-0.2, -0.15) is 0 Å². The third-order valence-electron chi connectivity index (χ3n) is 1.90. The van der Waals surface area contributed by atoms with E-state index in [1.54, 1.807) is 6.07 Å². The Balaban J connectivity index is 2.37. The van der Waals surface area contributed by atoms with Crippen LogP contribution in [0.15, 0.2) is 24.3 Å². The highest BCUT2D eigenvalue weighted by molar-refractivity contribution is 7.80. The van der Waals surface area contributed by atoms with Crippen LogP contribution >= 0.6 is 23.8 Å². The van der Waals surface area contributed by atoms with Gasteiger partial charge in [0.25, 0.3) is 0 Å². The van der Waals surface area contributed by atoms with Gasteiger partial charge in [0.15, 0.2) is 5.11 Å². The van der Waals surface area contributed by atoms with Crippen molar-refractivity contribution in [2.45, 2.75) is 12.8 Å². The van der Waals surface area contributed by atoms with E-state index in [-0.39, 0.29) is 11.0 Å². The van der Waals surface area contributed by atoms with Crippen molar-refractivity contribution in [2.24, 2.45) is 5.73 Å². The predicted molar refractivity (Wildman–Crippen MR) is 67.8 cm³/mol. The van der Waals surface area contributed by atoms with Gasteiger partial charge in [-0.05, 0) is 30.3 Å². The zero-order valence-electron chi connectivity index (χ0n) is 8.50. The molecule has 0 saturated carbocycles. The van der Waals surface area contributed by atoms with Crippen LogP contribution in [0.5, 0.6) is 0 Å². The molecule has 0 aliphatic rings. The standard InChI is InChI=1S/C10H12ClN3OS/c11-8-4-2-1-3-7(8)5-6-9(15)13-14-10(12)16/h1-4H,5-6H2,(H,13,15)(H3,12,14,16). The van der Waals surface area contributed by atoms with Crippen LogP contribution in [-0.4, -0.2) is 11.0 Å². The molecule has 0 spiro atoms. The van der Waals surface area contributed by atoms with E-state index in [0.29, 0.717) is 17.9 Å². The topological polar surface area (TPSA) is 67.2 Å². The van der Waals surface area contributed by atoms with Crippen molar-refractivity contribution >= 4 is 34.8 Å². The number of nitrogens with two attached hydrogens (primary N) is 1. The van der Waals surface area contributed by atoms with E-state index in [1.807, 2.05) is 18.2 Å². The molecule has 16 heavy (non-hydrogen) atoms. The monoisotopic (exact) mass is 257 g/mol. The summed E-state index contributed by atoms with van der Waals surface area (Å²) in [4.78, 5) is 11.3. The minimum absolute atomic E-state index is 0.0334. The number of halogens is 1. The Morgan fingerprint density at radius 1 is 1.38 bits per heavy atom. The molecule has 4 N–H and O–H groups in total. The highest BCUT2D eigenvalue weighted by Crippen LogP contribution is 2.16. The molecule has 86 valence electrons. The minimum Gasteiger partial charge on any atom is -0.375 e. The van der Waals surface area contributed by atoms with E-state index in [0.717, 1.165) is 5.56 Å². The maximum absolute atomic E-state index is 11.3. The molecule has 1 aromatic carbocycles. The number of hydrazine groups is 1. The van der Waals surface area contributed by atoms with Crippen molar-refractivity contribution in [1.82, 2.24) is 10.9 Å². The molecule has 0 aliphatic heterocycles. The summed E-state index contributed by atoms with van der Waals surface area (Å²) in [5.41, 5.74) is 10.8. The maximum Gasteiger partial charge on any atom is 0.238 e.